The van der Waals surface area contributed by atoms with E-state index in [1.54, 1.807) is 12.5 Å². The second-order valence-electron chi connectivity index (χ2n) is 12.0. The van der Waals surface area contributed by atoms with E-state index in [4.69, 9.17) is 4.98 Å². The van der Waals surface area contributed by atoms with Gasteiger partial charge in [0.25, 0.3) is 0 Å². The molecule has 0 atom stereocenters. The standard InChI is InChI=1S/C32H37F6N7O4S.CH4/c33-31(34,35)19-48-24-10-11-27(49-20-32(36,37)38)28(16-24)50(46,47)42-18-23-8-6-22(7-9-23)17-41-30-43-26-5-2-1-4-25(26)29(44-30)40-12-3-14-45-15-13-39-21-45;/h1-2,4-5,10-11,13,15-16,21-23,42H,3,6-9,12,14,17-20H2,(H2,40,41,43,44);1H4. The Morgan fingerprint density at radius 2 is 1.55 bits per heavy atom. The van der Waals surface area contributed by atoms with E-state index < -0.39 is 52.0 Å². The van der Waals surface area contributed by atoms with Crippen LogP contribution in [0.5, 0.6) is 11.5 Å². The summed E-state index contributed by atoms with van der Waals surface area (Å²) in [7, 11) is -4.48. The van der Waals surface area contributed by atoms with E-state index in [0.717, 1.165) is 60.7 Å². The number of ether oxygens (including phenoxy) is 2. The molecule has 18 heteroatoms. The van der Waals surface area contributed by atoms with Crippen LogP contribution in [0.25, 0.3) is 10.9 Å². The van der Waals surface area contributed by atoms with Crippen molar-refractivity contribution in [2.45, 2.75) is 63.3 Å². The van der Waals surface area contributed by atoms with Crippen molar-refractivity contribution in [3.8, 4) is 11.5 Å². The van der Waals surface area contributed by atoms with Crippen LogP contribution in [-0.2, 0) is 16.6 Å². The number of benzene rings is 2. The van der Waals surface area contributed by atoms with Gasteiger partial charge in [0.2, 0.25) is 16.0 Å². The number of sulfonamides is 1. The summed E-state index contributed by atoms with van der Waals surface area (Å²) in [6, 6.07) is 10.2. The summed E-state index contributed by atoms with van der Waals surface area (Å²) < 4.78 is 116. The molecule has 1 aliphatic carbocycles. The van der Waals surface area contributed by atoms with Gasteiger partial charge in [0.05, 0.1) is 11.8 Å². The van der Waals surface area contributed by atoms with E-state index in [0.29, 0.717) is 31.9 Å². The Morgan fingerprint density at radius 3 is 2.24 bits per heavy atom. The molecule has 0 radical (unpaired) electrons. The molecule has 51 heavy (non-hydrogen) atoms. The van der Waals surface area contributed by atoms with Gasteiger partial charge in [-0.05, 0) is 68.2 Å². The van der Waals surface area contributed by atoms with Crippen molar-refractivity contribution in [2.75, 3.05) is 43.5 Å². The SMILES string of the molecule is C.O=S(=O)(NCC1CCC(CNc2nc(NCCCn3ccnc3)c3ccccc3n2)CC1)c1cc(OCC(F)(F)F)ccc1OCC(F)(F)F. The summed E-state index contributed by atoms with van der Waals surface area (Å²) in [5.74, 6) is 0.256. The van der Waals surface area contributed by atoms with E-state index in [9.17, 15) is 34.8 Å². The number of aryl methyl sites for hydroxylation is 1. The lowest BCUT2D eigenvalue weighted by Crippen LogP contribution is -2.33. The van der Waals surface area contributed by atoms with Crippen LogP contribution in [0.4, 0.5) is 38.1 Å². The topological polar surface area (TPSA) is 132 Å². The van der Waals surface area contributed by atoms with Crippen LogP contribution >= 0.6 is 0 Å². The van der Waals surface area contributed by atoms with E-state index >= 15 is 0 Å². The summed E-state index contributed by atoms with van der Waals surface area (Å²) >= 11 is 0. The van der Waals surface area contributed by atoms with Gasteiger partial charge in [0, 0.05) is 50.0 Å². The first kappa shape index (κ1) is 39.5. The molecular weight excluding hydrogens is 704 g/mol. The molecule has 0 saturated heterocycles. The van der Waals surface area contributed by atoms with Gasteiger partial charge in [-0.2, -0.15) is 31.3 Å². The zero-order valence-electron chi connectivity index (χ0n) is 26.8. The van der Waals surface area contributed by atoms with E-state index in [2.05, 4.69) is 34.8 Å². The first-order valence-corrected chi connectivity index (χ1v) is 17.5. The molecular formula is C33H41F6N7O4S. The lowest BCUT2D eigenvalue weighted by atomic mass is 9.82. The molecule has 1 aliphatic rings. The van der Waals surface area contributed by atoms with Crippen molar-refractivity contribution >= 4 is 32.7 Å². The van der Waals surface area contributed by atoms with Gasteiger partial charge in [-0.15, -0.1) is 0 Å². The van der Waals surface area contributed by atoms with Gasteiger partial charge in [0.15, 0.2) is 13.2 Å². The normalized spacial score (nSPS) is 16.7. The second kappa shape index (κ2) is 17.3. The number of para-hydroxylation sites is 1. The highest BCUT2D eigenvalue weighted by molar-refractivity contribution is 7.89. The Labute approximate surface area is 292 Å². The van der Waals surface area contributed by atoms with Crippen molar-refractivity contribution in [1.29, 1.82) is 0 Å². The zero-order chi connectivity index (χ0) is 35.8. The van der Waals surface area contributed by atoms with E-state index in [-0.39, 0.29) is 25.8 Å². The Morgan fingerprint density at radius 1 is 0.863 bits per heavy atom. The minimum atomic E-state index is -4.77. The maximum atomic E-state index is 13.2. The van der Waals surface area contributed by atoms with Crippen molar-refractivity contribution in [1.82, 2.24) is 24.2 Å². The fourth-order valence-corrected chi connectivity index (χ4v) is 6.86. The number of nitrogens with one attached hydrogen (secondary N) is 3. The molecule has 0 bridgehead atoms. The van der Waals surface area contributed by atoms with Crippen molar-refractivity contribution in [3.63, 3.8) is 0 Å². The Hall–Kier alpha value is -4.32. The number of rotatable bonds is 16. The molecule has 5 rings (SSSR count). The van der Waals surface area contributed by atoms with Crippen LogP contribution in [0.2, 0.25) is 0 Å². The molecule has 0 amide bonds. The predicted molar refractivity (Wildman–Crippen MR) is 180 cm³/mol. The third kappa shape index (κ3) is 12.2. The summed E-state index contributed by atoms with van der Waals surface area (Å²) in [5.41, 5.74) is 0.794. The number of nitrogens with zero attached hydrogens (tertiary/aromatic N) is 4. The van der Waals surface area contributed by atoms with Crippen molar-refractivity contribution in [2.24, 2.45) is 11.8 Å². The van der Waals surface area contributed by atoms with Crippen LogP contribution in [-0.4, -0.2) is 73.1 Å². The molecule has 0 aliphatic heterocycles. The quantitative estimate of drug-likeness (QED) is 0.0816. The zero-order valence-corrected chi connectivity index (χ0v) is 27.6. The smallest absolute Gasteiger partial charge is 0.422 e. The minimum Gasteiger partial charge on any atom is -0.484 e. The lowest BCUT2D eigenvalue weighted by Gasteiger charge is -2.29. The molecule has 4 aromatic rings. The fourth-order valence-electron chi connectivity index (χ4n) is 5.59. The largest absolute Gasteiger partial charge is 0.484 e. The molecule has 0 unspecified atom stereocenters. The predicted octanol–water partition coefficient (Wildman–Crippen LogP) is 7.04. The molecule has 280 valence electrons. The molecule has 11 nitrogen and oxygen atoms in total. The number of hydrogen-bond donors (Lipinski definition) is 3. The average Bonchev–Trinajstić information content (AvgIpc) is 3.60. The molecule has 2 heterocycles. The van der Waals surface area contributed by atoms with Crippen molar-refractivity contribution < 1.29 is 44.2 Å². The Balaban J connectivity index is 0.00000583. The summed E-state index contributed by atoms with van der Waals surface area (Å²) in [6.45, 7) is -1.40. The average molecular weight is 746 g/mol. The summed E-state index contributed by atoms with van der Waals surface area (Å²) in [5, 5.41) is 7.66. The first-order chi connectivity index (χ1) is 23.7. The maximum absolute atomic E-state index is 13.2. The monoisotopic (exact) mass is 745 g/mol. The third-order valence-electron chi connectivity index (χ3n) is 8.12. The van der Waals surface area contributed by atoms with Crippen LogP contribution in [0.3, 0.4) is 0 Å². The highest BCUT2D eigenvalue weighted by Crippen LogP contribution is 2.33. The van der Waals surface area contributed by atoms with E-state index in [1.807, 2.05) is 35.0 Å². The van der Waals surface area contributed by atoms with E-state index in [1.165, 1.54) is 0 Å². The number of fused-ring (bicyclic) bond motifs is 1. The number of halogens is 6. The maximum Gasteiger partial charge on any atom is 0.422 e. The van der Waals surface area contributed by atoms with Crippen molar-refractivity contribution in [3.05, 3.63) is 61.2 Å². The molecule has 0 spiro atoms. The minimum absolute atomic E-state index is 0. The first-order valence-electron chi connectivity index (χ1n) is 16.0. The highest BCUT2D eigenvalue weighted by atomic mass is 32.2. The number of anilines is 2. The highest BCUT2D eigenvalue weighted by Gasteiger charge is 2.32. The summed E-state index contributed by atoms with van der Waals surface area (Å²) in [4.78, 5) is 12.7. The molecule has 2 aromatic carbocycles. The van der Waals surface area contributed by atoms with Crippen LogP contribution in [0, 0.1) is 11.8 Å². The third-order valence-corrected chi connectivity index (χ3v) is 9.57. The fraction of sp³-hybridized carbons (Fsp3) is 0.485. The molecule has 1 saturated carbocycles. The lowest BCUT2D eigenvalue weighted by molar-refractivity contribution is -0.154. The van der Waals surface area contributed by atoms with Gasteiger partial charge in [-0.3, -0.25) is 0 Å². The number of imidazole rings is 1. The van der Waals surface area contributed by atoms with Crippen LogP contribution in [0.1, 0.15) is 39.5 Å². The van der Waals surface area contributed by atoms with Crippen LogP contribution in [0.15, 0.2) is 66.1 Å². The van der Waals surface area contributed by atoms with Gasteiger partial charge in [-0.1, -0.05) is 19.6 Å². The van der Waals surface area contributed by atoms with Gasteiger partial charge < -0.3 is 24.7 Å². The molecule has 1 fully saturated rings. The van der Waals surface area contributed by atoms with Gasteiger partial charge >= 0.3 is 12.4 Å². The Bertz CT molecular complexity index is 1800. The van der Waals surface area contributed by atoms with Gasteiger partial charge in [0.1, 0.15) is 22.2 Å². The molecule has 3 N–H and O–H groups in total. The number of alkyl halides is 6. The number of aromatic nitrogens is 4. The second-order valence-corrected chi connectivity index (χ2v) is 13.8. The molecule has 2 aromatic heterocycles. The van der Waals surface area contributed by atoms with Crippen LogP contribution < -0.4 is 24.8 Å². The Kier molecular flexibility index (Phi) is 13.4. The van der Waals surface area contributed by atoms with Gasteiger partial charge in [-0.25, -0.2) is 23.1 Å². The number of hydrogen-bond acceptors (Lipinski definition) is 9. The summed E-state index contributed by atoms with van der Waals surface area (Å²) in [6.07, 6.45) is -0.305.